The Morgan fingerprint density at radius 3 is 2.48 bits per heavy atom. The molecule has 0 spiro atoms. The first-order valence-electron chi connectivity index (χ1n) is 6.85. The molecule has 2 aromatic rings. The Kier molecular flexibility index (Phi) is 3.31. The minimum absolute atomic E-state index is 0.204. The predicted octanol–water partition coefficient (Wildman–Crippen LogP) is 2.09. The summed E-state index contributed by atoms with van der Waals surface area (Å²) < 4.78 is 0. The van der Waals surface area contributed by atoms with Crippen molar-refractivity contribution in [2.24, 2.45) is 10.7 Å². The molecule has 1 aliphatic rings. The van der Waals surface area contributed by atoms with Crippen molar-refractivity contribution in [3.8, 4) is 0 Å². The SMILES string of the molecule is Cc1ccc(C2=NC(N)C(=O)N(C)c3ccccc32)cc1. The molecule has 1 amide bonds. The second-order valence-corrected chi connectivity index (χ2v) is 5.20. The molecule has 4 heteroatoms. The van der Waals surface area contributed by atoms with Crippen molar-refractivity contribution in [2.75, 3.05) is 11.9 Å². The number of hydrogen-bond acceptors (Lipinski definition) is 3. The fourth-order valence-electron chi connectivity index (χ4n) is 2.49. The summed E-state index contributed by atoms with van der Waals surface area (Å²) in [7, 11) is 1.73. The number of benzene rings is 2. The van der Waals surface area contributed by atoms with Crippen molar-refractivity contribution in [1.29, 1.82) is 0 Å². The van der Waals surface area contributed by atoms with Crippen molar-refractivity contribution in [2.45, 2.75) is 13.1 Å². The Balaban J connectivity index is 2.22. The first-order valence-corrected chi connectivity index (χ1v) is 6.85. The number of amides is 1. The van der Waals surface area contributed by atoms with Gasteiger partial charge in [-0.05, 0) is 13.0 Å². The average molecular weight is 279 g/mol. The van der Waals surface area contributed by atoms with E-state index in [0.29, 0.717) is 0 Å². The Morgan fingerprint density at radius 1 is 1.10 bits per heavy atom. The van der Waals surface area contributed by atoms with Gasteiger partial charge in [-0.3, -0.25) is 9.79 Å². The van der Waals surface area contributed by atoms with Crippen LogP contribution in [0.5, 0.6) is 0 Å². The zero-order valence-electron chi connectivity index (χ0n) is 12.1. The number of aryl methyl sites for hydroxylation is 1. The van der Waals surface area contributed by atoms with E-state index in [4.69, 9.17) is 5.73 Å². The number of carbonyl (C=O) groups excluding carboxylic acids is 1. The quantitative estimate of drug-likeness (QED) is 0.869. The number of likely N-dealkylation sites (N-methyl/N-ethyl adjacent to an activating group) is 1. The van der Waals surface area contributed by atoms with Crippen molar-refractivity contribution >= 4 is 17.3 Å². The van der Waals surface area contributed by atoms with Crippen molar-refractivity contribution < 1.29 is 4.79 Å². The second-order valence-electron chi connectivity index (χ2n) is 5.20. The molecule has 2 N–H and O–H groups in total. The topological polar surface area (TPSA) is 58.7 Å². The number of hydrogen-bond donors (Lipinski definition) is 1. The minimum Gasteiger partial charge on any atom is -0.312 e. The van der Waals surface area contributed by atoms with Gasteiger partial charge in [-0.25, -0.2) is 0 Å². The van der Waals surface area contributed by atoms with Gasteiger partial charge in [0.25, 0.3) is 5.91 Å². The van der Waals surface area contributed by atoms with Crippen LogP contribution < -0.4 is 10.6 Å². The van der Waals surface area contributed by atoms with E-state index in [-0.39, 0.29) is 5.91 Å². The van der Waals surface area contributed by atoms with Crippen LogP contribution >= 0.6 is 0 Å². The van der Waals surface area contributed by atoms with Crippen LogP contribution in [0.15, 0.2) is 53.5 Å². The van der Waals surface area contributed by atoms with Gasteiger partial charge in [0.1, 0.15) is 0 Å². The Morgan fingerprint density at radius 2 is 1.76 bits per heavy atom. The Hall–Kier alpha value is -2.46. The first kappa shape index (κ1) is 13.5. The van der Waals surface area contributed by atoms with Gasteiger partial charge in [-0.1, -0.05) is 48.0 Å². The molecule has 4 nitrogen and oxygen atoms in total. The molecule has 0 fully saturated rings. The normalized spacial score (nSPS) is 18.0. The molecular weight excluding hydrogens is 262 g/mol. The smallest absolute Gasteiger partial charge is 0.266 e. The fraction of sp³-hybridized carbons (Fsp3) is 0.176. The third kappa shape index (κ3) is 2.34. The van der Waals surface area contributed by atoms with Crippen LogP contribution in [0, 0.1) is 6.92 Å². The standard InChI is InChI=1S/C17H17N3O/c1-11-7-9-12(10-8-11)15-13-5-3-4-6-14(13)20(2)17(21)16(18)19-15/h3-10,16H,18H2,1-2H3. The molecule has 106 valence electrons. The molecule has 0 aliphatic carbocycles. The summed E-state index contributed by atoms with van der Waals surface area (Å²) >= 11 is 0. The monoisotopic (exact) mass is 279 g/mol. The molecule has 21 heavy (non-hydrogen) atoms. The molecule has 1 unspecified atom stereocenters. The van der Waals surface area contributed by atoms with Crippen LogP contribution in [0.25, 0.3) is 0 Å². The van der Waals surface area contributed by atoms with Crippen LogP contribution in [0.3, 0.4) is 0 Å². The summed E-state index contributed by atoms with van der Waals surface area (Å²) in [4.78, 5) is 18.3. The molecule has 1 heterocycles. The van der Waals surface area contributed by atoms with Gasteiger partial charge in [-0.15, -0.1) is 0 Å². The van der Waals surface area contributed by atoms with Crippen molar-refractivity contribution in [3.63, 3.8) is 0 Å². The molecule has 0 saturated carbocycles. The van der Waals surface area contributed by atoms with Crippen LogP contribution in [0.4, 0.5) is 5.69 Å². The summed E-state index contributed by atoms with van der Waals surface area (Å²) in [6.07, 6.45) is -0.876. The number of aliphatic imine (C=N–C) groups is 1. The van der Waals surface area contributed by atoms with Gasteiger partial charge in [0.15, 0.2) is 6.17 Å². The Bertz CT molecular complexity index is 719. The zero-order valence-corrected chi connectivity index (χ0v) is 12.1. The number of fused-ring (bicyclic) bond motifs is 1. The second kappa shape index (κ2) is 5.14. The fourth-order valence-corrected chi connectivity index (χ4v) is 2.49. The highest BCUT2D eigenvalue weighted by molar-refractivity contribution is 6.19. The molecule has 0 bridgehead atoms. The highest BCUT2D eigenvalue weighted by Gasteiger charge is 2.27. The van der Waals surface area contributed by atoms with E-state index in [2.05, 4.69) is 4.99 Å². The highest BCUT2D eigenvalue weighted by atomic mass is 16.2. The summed E-state index contributed by atoms with van der Waals surface area (Å²) in [6.45, 7) is 2.04. The number of carbonyl (C=O) groups is 1. The summed E-state index contributed by atoms with van der Waals surface area (Å²) in [6, 6.07) is 15.8. The largest absolute Gasteiger partial charge is 0.312 e. The first-order chi connectivity index (χ1) is 10.1. The van der Waals surface area contributed by atoms with Gasteiger partial charge < -0.3 is 10.6 Å². The van der Waals surface area contributed by atoms with E-state index in [1.807, 2.05) is 55.5 Å². The van der Waals surface area contributed by atoms with Gasteiger partial charge in [-0.2, -0.15) is 0 Å². The van der Waals surface area contributed by atoms with Crippen molar-refractivity contribution in [3.05, 3.63) is 65.2 Å². The maximum Gasteiger partial charge on any atom is 0.266 e. The van der Waals surface area contributed by atoms with E-state index < -0.39 is 6.17 Å². The third-order valence-corrected chi connectivity index (χ3v) is 3.70. The van der Waals surface area contributed by atoms with Crippen LogP contribution in [0.1, 0.15) is 16.7 Å². The maximum absolute atomic E-state index is 12.2. The van der Waals surface area contributed by atoms with Gasteiger partial charge in [0.2, 0.25) is 0 Å². The van der Waals surface area contributed by atoms with E-state index in [0.717, 1.165) is 22.5 Å². The zero-order chi connectivity index (χ0) is 15.0. The Labute approximate surface area is 123 Å². The summed E-state index contributed by atoms with van der Waals surface area (Å²) in [5, 5.41) is 0. The number of nitrogens with two attached hydrogens (primary N) is 1. The van der Waals surface area contributed by atoms with Gasteiger partial charge in [0, 0.05) is 18.2 Å². The molecule has 0 aromatic heterocycles. The number of para-hydroxylation sites is 1. The highest BCUT2D eigenvalue weighted by Crippen LogP contribution is 2.26. The number of rotatable bonds is 1. The lowest BCUT2D eigenvalue weighted by molar-refractivity contribution is -0.119. The number of benzodiazepines with no additional fused rings is 1. The average Bonchev–Trinajstić information content (AvgIpc) is 2.60. The number of nitrogens with zero attached hydrogens (tertiary/aromatic N) is 2. The predicted molar refractivity (Wildman–Crippen MR) is 84.6 cm³/mol. The molecule has 0 radical (unpaired) electrons. The minimum atomic E-state index is -0.876. The lowest BCUT2D eigenvalue weighted by atomic mass is 9.99. The molecular formula is C17H17N3O. The molecule has 0 saturated heterocycles. The van der Waals surface area contributed by atoms with Crippen LogP contribution in [0.2, 0.25) is 0 Å². The lowest BCUT2D eigenvalue weighted by Crippen LogP contribution is -2.39. The van der Waals surface area contributed by atoms with Crippen LogP contribution in [-0.2, 0) is 4.79 Å². The third-order valence-electron chi connectivity index (χ3n) is 3.70. The lowest BCUT2D eigenvalue weighted by Gasteiger charge is -2.18. The van der Waals surface area contributed by atoms with Gasteiger partial charge >= 0.3 is 0 Å². The number of anilines is 1. The van der Waals surface area contributed by atoms with E-state index >= 15 is 0 Å². The molecule has 1 aliphatic heterocycles. The van der Waals surface area contributed by atoms with Gasteiger partial charge in [0.05, 0.1) is 11.4 Å². The van der Waals surface area contributed by atoms with Crippen molar-refractivity contribution in [1.82, 2.24) is 0 Å². The molecule has 1 atom stereocenters. The summed E-state index contributed by atoms with van der Waals surface area (Å²) in [5.41, 5.74) is 10.6. The molecule has 3 rings (SSSR count). The van der Waals surface area contributed by atoms with E-state index in [9.17, 15) is 4.79 Å². The molecule has 2 aromatic carbocycles. The van der Waals surface area contributed by atoms with Crippen LogP contribution in [-0.4, -0.2) is 24.8 Å². The maximum atomic E-state index is 12.2. The summed E-state index contributed by atoms with van der Waals surface area (Å²) in [5.74, 6) is -0.204. The van der Waals surface area contributed by atoms with E-state index in [1.165, 1.54) is 5.56 Å². The van der Waals surface area contributed by atoms with E-state index in [1.54, 1.807) is 11.9 Å².